The van der Waals surface area contributed by atoms with Gasteiger partial charge in [0.1, 0.15) is 23.2 Å². The van der Waals surface area contributed by atoms with E-state index in [0.717, 1.165) is 5.56 Å². The fourth-order valence-corrected chi connectivity index (χ4v) is 2.47. The van der Waals surface area contributed by atoms with Crippen molar-refractivity contribution in [2.24, 2.45) is 5.73 Å². The van der Waals surface area contributed by atoms with Gasteiger partial charge in [-0.3, -0.25) is 4.79 Å². The highest BCUT2D eigenvalue weighted by Crippen LogP contribution is 2.33. The predicted molar refractivity (Wildman–Crippen MR) is 73.0 cm³/mol. The summed E-state index contributed by atoms with van der Waals surface area (Å²) in [6, 6.07) is 4.42. The first kappa shape index (κ1) is 14.8. The highest BCUT2D eigenvalue weighted by Gasteiger charge is 2.44. The molecule has 2 atom stereocenters. The van der Waals surface area contributed by atoms with Crippen LogP contribution in [0.15, 0.2) is 18.2 Å². The van der Waals surface area contributed by atoms with Crippen LogP contribution < -0.4 is 10.5 Å². The van der Waals surface area contributed by atoms with Crippen molar-refractivity contribution in [1.82, 2.24) is 0 Å². The fourth-order valence-electron chi connectivity index (χ4n) is 2.47. The fraction of sp³-hybridized carbons (Fsp3) is 0.533. The molecule has 4 nitrogen and oxygen atoms in total. The maximum atomic E-state index is 13.2. The zero-order valence-corrected chi connectivity index (χ0v) is 11.8. The summed E-state index contributed by atoms with van der Waals surface area (Å²) >= 11 is 0. The van der Waals surface area contributed by atoms with Gasteiger partial charge in [0.15, 0.2) is 0 Å². The molecule has 0 bridgehead atoms. The van der Waals surface area contributed by atoms with Gasteiger partial charge in [0.2, 0.25) is 0 Å². The molecule has 2 N–H and O–H groups in total. The molecule has 1 saturated carbocycles. The van der Waals surface area contributed by atoms with Gasteiger partial charge >= 0.3 is 5.97 Å². The Balaban J connectivity index is 2.03. The molecule has 0 radical (unpaired) electrons. The van der Waals surface area contributed by atoms with E-state index < -0.39 is 5.54 Å². The van der Waals surface area contributed by atoms with Crippen LogP contribution in [-0.4, -0.2) is 24.2 Å². The molecule has 0 aliphatic heterocycles. The Labute approximate surface area is 118 Å². The van der Waals surface area contributed by atoms with Crippen LogP contribution in [0.3, 0.4) is 0 Å². The summed E-state index contributed by atoms with van der Waals surface area (Å²) in [5.74, 6) is -0.224. The second kappa shape index (κ2) is 5.79. The van der Waals surface area contributed by atoms with Crippen LogP contribution in [-0.2, 0) is 9.53 Å². The van der Waals surface area contributed by atoms with E-state index in [1.165, 1.54) is 12.1 Å². The Morgan fingerprint density at radius 2 is 2.30 bits per heavy atom. The molecular weight excluding hydrogens is 261 g/mol. The number of rotatable bonds is 4. The Kier molecular flexibility index (Phi) is 4.28. The number of carbonyl (C=O) groups excluding carboxylic acids is 1. The smallest absolute Gasteiger partial charge is 0.326 e. The Morgan fingerprint density at radius 1 is 1.55 bits per heavy atom. The lowest BCUT2D eigenvalue weighted by molar-refractivity contribution is -0.149. The van der Waals surface area contributed by atoms with Crippen LogP contribution >= 0.6 is 0 Å². The van der Waals surface area contributed by atoms with Crippen molar-refractivity contribution in [1.29, 1.82) is 0 Å². The van der Waals surface area contributed by atoms with Crippen molar-refractivity contribution in [3.8, 4) is 5.75 Å². The topological polar surface area (TPSA) is 61.5 Å². The van der Waals surface area contributed by atoms with Gasteiger partial charge in [0.25, 0.3) is 0 Å². The Morgan fingerprint density at radius 3 is 3.00 bits per heavy atom. The number of hydrogen-bond donors (Lipinski definition) is 1. The zero-order valence-electron chi connectivity index (χ0n) is 11.8. The number of aryl methyl sites for hydroxylation is 1. The van der Waals surface area contributed by atoms with Crippen LogP contribution in [0.5, 0.6) is 5.75 Å². The highest BCUT2D eigenvalue weighted by molar-refractivity contribution is 5.81. The van der Waals surface area contributed by atoms with E-state index in [0.29, 0.717) is 31.6 Å². The van der Waals surface area contributed by atoms with Gasteiger partial charge in [-0.1, -0.05) is 6.07 Å². The maximum Gasteiger partial charge on any atom is 0.326 e. The van der Waals surface area contributed by atoms with E-state index in [2.05, 4.69) is 0 Å². The third kappa shape index (κ3) is 3.10. The number of halogens is 1. The van der Waals surface area contributed by atoms with Crippen molar-refractivity contribution < 1.29 is 18.7 Å². The molecule has 0 aromatic heterocycles. The molecule has 5 heteroatoms. The van der Waals surface area contributed by atoms with Gasteiger partial charge < -0.3 is 15.2 Å². The van der Waals surface area contributed by atoms with Gasteiger partial charge in [0, 0.05) is 12.5 Å². The maximum absolute atomic E-state index is 13.2. The van der Waals surface area contributed by atoms with Crippen LogP contribution in [0.2, 0.25) is 0 Å². The molecular formula is C15H20FNO3. The summed E-state index contributed by atoms with van der Waals surface area (Å²) in [4.78, 5) is 11.8. The van der Waals surface area contributed by atoms with E-state index in [4.69, 9.17) is 15.2 Å². The largest absolute Gasteiger partial charge is 0.490 e. The third-order valence-corrected chi connectivity index (χ3v) is 3.63. The standard InChI is InChI=1S/C15H20FNO3/c1-3-19-14(18)15(17)7-6-12(9-15)20-13-8-11(16)5-4-10(13)2/h4-5,8,12H,3,6-7,9,17H2,1-2H3. The summed E-state index contributed by atoms with van der Waals surface area (Å²) < 4.78 is 24.0. The molecule has 0 amide bonds. The zero-order chi connectivity index (χ0) is 14.8. The summed E-state index contributed by atoms with van der Waals surface area (Å²) in [5, 5.41) is 0. The molecule has 0 heterocycles. The van der Waals surface area contributed by atoms with Gasteiger partial charge in [-0.05, 0) is 38.3 Å². The lowest BCUT2D eigenvalue weighted by atomic mass is 9.99. The third-order valence-electron chi connectivity index (χ3n) is 3.63. The quantitative estimate of drug-likeness (QED) is 0.860. The van der Waals surface area contributed by atoms with Gasteiger partial charge in [-0.2, -0.15) is 0 Å². The number of carbonyl (C=O) groups is 1. The van der Waals surface area contributed by atoms with Gasteiger partial charge in [-0.15, -0.1) is 0 Å². The lowest BCUT2D eigenvalue weighted by Gasteiger charge is -2.22. The van der Waals surface area contributed by atoms with Crippen LogP contribution in [0.1, 0.15) is 31.7 Å². The molecule has 1 aliphatic carbocycles. The average molecular weight is 281 g/mol. The lowest BCUT2D eigenvalue weighted by Crippen LogP contribution is -2.47. The minimum absolute atomic E-state index is 0.190. The van der Waals surface area contributed by atoms with E-state index in [-0.39, 0.29) is 17.9 Å². The molecule has 0 spiro atoms. The highest BCUT2D eigenvalue weighted by atomic mass is 19.1. The molecule has 20 heavy (non-hydrogen) atoms. The second-order valence-electron chi connectivity index (χ2n) is 5.27. The number of nitrogens with two attached hydrogens (primary N) is 1. The molecule has 110 valence electrons. The molecule has 1 aromatic rings. The number of benzene rings is 1. The minimum Gasteiger partial charge on any atom is -0.490 e. The van der Waals surface area contributed by atoms with E-state index in [1.807, 2.05) is 6.92 Å². The first-order valence-electron chi connectivity index (χ1n) is 6.83. The monoisotopic (exact) mass is 281 g/mol. The minimum atomic E-state index is -0.984. The van der Waals surface area contributed by atoms with Crippen molar-refractivity contribution in [2.45, 2.75) is 44.8 Å². The first-order chi connectivity index (χ1) is 9.44. The van der Waals surface area contributed by atoms with E-state index in [9.17, 15) is 9.18 Å². The van der Waals surface area contributed by atoms with Gasteiger partial charge in [0.05, 0.1) is 6.61 Å². The number of esters is 1. The Bertz CT molecular complexity index is 506. The predicted octanol–water partition coefficient (Wildman–Crippen LogP) is 2.33. The van der Waals surface area contributed by atoms with E-state index >= 15 is 0 Å². The van der Waals surface area contributed by atoms with Crippen LogP contribution in [0.4, 0.5) is 4.39 Å². The van der Waals surface area contributed by atoms with E-state index in [1.54, 1.807) is 13.0 Å². The normalized spacial score (nSPS) is 25.5. The van der Waals surface area contributed by atoms with Crippen molar-refractivity contribution in [3.05, 3.63) is 29.6 Å². The molecule has 1 fully saturated rings. The Hall–Kier alpha value is -1.62. The second-order valence-corrected chi connectivity index (χ2v) is 5.27. The van der Waals surface area contributed by atoms with Crippen molar-refractivity contribution >= 4 is 5.97 Å². The van der Waals surface area contributed by atoms with Crippen LogP contribution in [0, 0.1) is 12.7 Å². The molecule has 0 saturated heterocycles. The summed E-state index contributed by atoms with van der Waals surface area (Å²) in [5.41, 5.74) is 5.95. The number of hydrogen-bond acceptors (Lipinski definition) is 4. The summed E-state index contributed by atoms with van der Waals surface area (Å²) in [6.45, 7) is 3.91. The van der Waals surface area contributed by atoms with Crippen molar-refractivity contribution in [2.75, 3.05) is 6.61 Å². The van der Waals surface area contributed by atoms with Crippen molar-refractivity contribution in [3.63, 3.8) is 0 Å². The molecule has 1 aliphatic rings. The van der Waals surface area contributed by atoms with Gasteiger partial charge in [-0.25, -0.2) is 4.39 Å². The average Bonchev–Trinajstić information content (AvgIpc) is 2.77. The molecule has 1 aromatic carbocycles. The molecule has 2 rings (SSSR count). The molecule has 2 unspecified atom stereocenters. The van der Waals surface area contributed by atoms with Crippen LogP contribution in [0.25, 0.3) is 0 Å². The summed E-state index contributed by atoms with van der Waals surface area (Å²) in [7, 11) is 0. The SMILES string of the molecule is CCOC(=O)C1(N)CCC(Oc2cc(F)ccc2C)C1. The number of ether oxygens (including phenoxy) is 2. The first-order valence-corrected chi connectivity index (χ1v) is 6.83. The summed E-state index contributed by atoms with van der Waals surface area (Å²) in [6.07, 6.45) is 1.38.